The molecule has 1 heterocycles. The minimum atomic E-state index is -0.596. The molecule has 1 saturated heterocycles. The third-order valence-electron chi connectivity index (χ3n) is 2.54. The predicted molar refractivity (Wildman–Crippen MR) is 65.0 cm³/mol. The van der Waals surface area contributed by atoms with Crippen molar-refractivity contribution in [1.82, 2.24) is 0 Å². The average molecular weight is 255 g/mol. The average Bonchev–Trinajstić information content (AvgIpc) is 2.50. The zero-order valence-corrected chi connectivity index (χ0v) is 11.4. The van der Waals surface area contributed by atoms with E-state index in [0.717, 1.165) is 0 Å². The Morgan fingerprint density at radius 1 is 1.57 bits per heavy atom. The van der Waals surface area contributed by atoms with Gasteiger partial charge in [0.1, 0.15) is 17.8 Å². The van der Waals surface area contributed by atoms with E-state index in [9.17, 15) is 0 Å². The van der Waals surface area contributed by atoms with Gasteiger partial charge in [-0.05, 0) is 6.92 Å². The molecule has 0 saturated carbocycles. The second kappa shape index (κ2) is 5.50. The van der Waals surface area contributed by atoms with Gasteiger partial charge in [-0.3, -0.25) is 0 Å². The van der Waals surface area contributed by atoms with Gasteiger partial charge < -0.3 is 18.9 Å². The lowest BCUT2D eigenvalue weighted by Gasteiger charge is -2.32. The van der Waals surface area contributed by atoms with Crippen molar-refractivity contribution in [3.63, 3.8) is 0 Å². The predicted octanol–water partition coefficient (Wildman–Crippen LogP) is -0.0614. The van der Waals surface area contributed by atoms with E-state index in [1.54, 1.807) is 0 Å². The van der Waals surface area contributed by atoms with Gasteiger partial charge in [-0.25, -0.2) is 0 Å². The van der Waals surface area contributed by atoms with Crippen molar-refractivity contribution in [2.75, 3.05) is 6.61 Å². The molecule has 1 radical (unpaired) electrons. The fourth-order valence-electron chi connectivity index (χ4n) is 1.66. The van der Waals surface area contributed by atoms with Crippen molar-refractivity contribution in [3.05, 3.63) is 0 Å². The summed E-state index contributed by atoms with van der Waals surface area (Å²) in [5.74, 6) is 0. The molecule has 0 amide bonds. The van der Waals surface area contributed by atoms with Crippen LogP contribution in [-0.2, 0) is 13.8 Å². The van der Waals surface area contributed by atoms with Crippen LogP contribution in [0.15, 0.2) is 0 Å². The Balaban J connectivity index is 2.86. The van der Waals surface area contributed by atoms with Crippen LogP contribution in [0.25, 0.3) is 0 Å². The molecule has 7 atom stereocenters. The number of ether oxygens (including phenoxy) is 1. The van der Waals surface area contributed by atoms with E-state index in [1.165, 1.54) is 0 Å². The molecule has 1 aliphatic heterocycles. The van der Waals surface area contributed by atoms with Gasteiger partial charge in [0.15, 0.2) is 7.00 Å². The maximum atomic E-state index is 9.11. The maximum Gasteiger partial charge on any atom is 0.181 e. The Kier molecular flexibility index (Phi) is 5.21. The Bertz CT molecular complexity index is 198. The summed E-state index contributed by atoms with van der Waals surface area (Å²) in [6.07, 6.45) is -0.670. The van der Waals surface area contributed by atoms with Gasteiger partial charge in [0, 0.05) is 18.9 Å². The van der Waals surface area contributed by atoms with Crippen LogP contribution in [0.2, 0.25) is 0 Å². The van der Waals surface area contributed by atoms with Crippen molar-refractivity contribution in [1.29, 1.82) is 0 Å². The quantitative estimate of drug-likeness (QED) is 0.564. The molecule has 0 aromatic heterocycles. The summed E-state index contributed by atoms with van der Waals surface area (Å²) < 4.78 is 16.1. The molecule has 8 heteroatoms. The lowest BCUT2D eigenvalue weighted by molar-refractivity contribution is 0.00360. The van der Waals surface area contributed by atoms with Crippen molar-refractivity contribution in [2.45, 2.75) is 30.7 Å². The van der Waals surface area contributed by atoms with Crippen LogP contribution in [0.3, 0.4) is 0 Å². The van der Waals surface area contributed by atoms with Crippen LogP contribution in [0, 0.1) is 0 Å². The first-order chi connectivity index (χ1) is 6.63. The normalized spacial score (nSPS) is 42.8. The molecule has 1 aliphatic rings. The van der Waals surface area contributed by atoms with Crippen LogP contribution in [-0.4, -0.2) is 42.5 Å². The second-order valence-corrected chi connectivity index (χ2v) is 4.22. The molecule has 0 spiro atoms. The van der Waals surface area contributed by atoms with Gasteiger partial charge in [0.05, 0.1) is 12.6 Å². The summed E-state index contributed by atoms with van der Waals surface area (Å²) in [4.78, 5) is 0. The first-order valence-corrected chi connectivity index (χ1v) is 5.79. The SMILES string of the molecule is C[C@]1(OP)[C@H]([B]P)O[C@H](CO)[C@H]1OP. The molecule has 0 aromatic carbocycles. The van der Waals surface area contributed by atoms with E-state index in [-0.39, 0.29) is 24.8 Å². The fourth-order valence-corrected chi connectivity index (χ4v) is 2.84. The molecule has 1 N–H and O–H groups in total. The van der Waals surface area contributed by atoms with Gasteiger partial charge in [-0.15, -0.1) is 0 Å². The summed E-state index contributed by atoms with van der Waals surface area (Å²) in [7, 11) is 6.89. The lowest BCUT2D eigenvalue weighted by atomic mass is 9.81. The first-order valence-electron chi connectivity index (χ1n) is 4.18. The molecule has 14 heavy (non-hydrogen) atoms. The highest BCUT2D eigenvalue weighted by atomic mass is 31.0. The van der Waals surface area contributed by atoms with Gasteiger partial charge in [-0.2, -0.15) is 9.12 Å². The van der Waals surface area contributed by atoms with E-state index < -0.39 is 5.60 Å². The van der Waals surface area contributed by atoms with E-state index >= 15 is 0 Å². The first kappa shape index (κ1) is 13.3. The van der Waals surface area contributed by atoms with Gasteiger partial charge in [0.25, 0.3) is 0 Å². The number of hydrogen-bond donors (Lipinski definition) is 1. The summed E-state index contributed by atoms with van der Waals surface area (Å²) in [6, 6.07) is -0.215. The van der Waals surface area contributed by atoms with E-state index in [4.69, 9.17) is 18.9 Å². The zero-order chi connectivity index (χ0) is 10.8. The van der Waals surface area contributed by atoms with Crippen LogP contribution >= 0.6 is 28.1 Å². The highest BCUT2D eigenvalue weighted by Crippen LogP contribution is 2.38. The smallest absolute Gasteiger partial charge is 0.181 e. The Morgan fingerprint density at radius 3 is 2.57 bits per heavy atom. The molecule has 0 aromatic rings. The minimum absolute atomic E-state index is 0.0856. The van der Waals surface area contributed by atoms with Crippen molar-refractivity contribution in [3.8, 4) is 0 Å². The molecule has 0 bridgehead atoms. The van der Waals surface area contributed by atoms with Crippen LogP contribution in [0.1, 0.15) is 6.92 Å². The van der Waals surface area contributed by atoms with Crippen LogP contribution < -0.4 is 0 Å². The number of aliphatic hydroxyl groups is 1. The van der Waals surface area contributed by atoms with Gasteiger partial charge in [-0.1, -0.05) is 0 Å². The molecule has 1 rings (SSSR count). The van der Waals surface area contributed by atoms with Crippen LogP contribution in [0.4, 0.5) is 0 Å². The summed E-state index contributed by atoms with van der Waals surface area (Å²) >= 11 is 0. The van der Waals surface area contributed by atoms with Gasteiger partial charge in [0.2, 0.25) is 0 Å². The number of hydrogen-bond acceptors (Lipinski definition) is 4. The maximum absolute atomic E-state index is 9.11. The van der Waals surface area contributed by atoms with Crippen molar-refractivity contribution >= 4 is 35.1 Å². The highest BCUT2D eigenvalue weighted by Gasteiger charge is 2.53. The van der Waals surface area contributed by atoms with E-state index in [1.807, 2.05) is 13.9 Å². The highest BCUT2D eigenvalue weighted by molar-refractivity contribution is 7.56. The molecule has 1 fully saturated rings. The fraction of sp³-hybridized carbons (Fsp3) is 1.00. The largest absolute Gasteiger partial charge is 0.394 e. The summed E-state index contributed by atoms with van der Waals surface area (Å²) in [5, 5.41) is 9.11. The second-order valence-electron chi connectivity index (χ2n) is 3.33. The minimum Gasteiger partial charge on any atom is -0.394 e. The van der Waals surface area contributed by atoms with E-state index in [0.29, 0.717) is 0 Å². The van der Waals surface area contributed by atoms with Crippen LogP contribution in [0.5, 0.6) is 0 Å². The molecular formula is C6H15BO4P3. The standard InChI is InChI=1S/C6H15BO4P3/c1-6(11-14)4(10-13)3(2-8)9-5(6)7-12/h3-5,8H,2,12-14H2,1H3/t3-,4-,5-,6-/m1/s1. The Morgan fingerprint density at radius 2 is 2.21 bits per heavy atom. The third kappa shape index (κ3) is 2.15. The number of aliphatic hydroxyl groups excluding tert-OH is 1. The molecule has 81 valence electrons. The molecule has 0 aliphatic carbocycles. The number of rotatable bonds is 4. The molecular weight excluding hydrogens is 240 g/mol. The summed E-state index contributed by atoms with van der Waals surface area (Å²) in [5.41, 5.74) is -0.596. The third-order valence-corrected chi connectivity index (χ3v) is 3.69. The Labute approximate surface area is 91.8 Å². The summed E-state index contributed by atoms with van der Waals surface area (Å²) in [6.45, 7) is 3.61. The van der Waals surface area contributed by atoms with E-state index in [2.05, 4.69) is 28.1 Å². The zero-order valence-electron chi connectivity index (χ0n) is 7.92. The molecule has 4 nitrogen and oxygen atoms in total. The Hall–Kier alpha value is 1.19. The van der Waals surface area contributed by atoms with Crippen molar-refractivity contribution in [2.24, 2.45) is 0 Å². The van der Waals surface area contributed by atoms with Gasteiger partial charge >= 0.3 is 0 Å². The monoisotopic (exact) mass is 255 g/mol. The molecule has 3 unspecified atom stereocenters. The lowest BCUT2D eigenvalue weighted by Crippen LogP contribution is -2.48. The topological polar surface area (TPSA) is 47.9 Å². The van der Waals surface area contributed by atoms with Crippen molar-refractivity contribution < 1.29 is 18.9 Å².